The van der Waals surface area contributed by atoms with Crippen molar-refractivity contribution in [2.45, 2.75) is 6.42 Å². The second-order valence-corrected chi connectivity index (χ2v) is 2.92. The lowest BCUT2D eigenvalue weighted by atomic mass is 10.4. The van der Waals surface area contributed by atoms with Crippen molar-refractivity contribution in [1.82, 2.24) is 19.6 Å². The summed E-state index contributed by atoms with van der Waals surface area (Å²) < 4.78 is 1.79. The molecule has 2 rings (SSSR count). The third-order valence-electron chi connectivity index (χ3n) is 1.72. The predicted molar refractivity (Wildman–Crippen MR) is 48.6 cm³/mol. The maximum Gasteiger partial charge on any atom is 0.198 e. The fourth-order valence-electron chi connectivity index (χ4n) is 1.14. The van der Waals surface area contributed by atoms with Crippen molar-refractivity contribution in [3.8, 4) is 0 Å². The van der Waals surface area contributed by atoms with Gasteiger partial charge in [-0.1, -0.05) is 11.6 Å². The van der Waals surface area contributed by atoms with Crippen molar-refractivity contribution in [2.75, 3.05) is 6.54 Å². The Labute approximate surface area is 79.6 Å². The minimum absolute atomic E-state index is 0.360. The summed E-state index contributed by atoms with van der Waals surface area (Å²) in [5, 5.41) is 8.21. The summed E-state index contributed by atoms with van der Waals surface area (Å²) in [6, 6.07) is 0. The number of hydrogen-bond donors (Lipinski definition) is 1. The highest BCUT2D eigenvalue weighted by Crippen LogP contribution is 2.11. The van der Waals surface area contributed by atoms with Crippen molar-refractivity contribution in [1.29, 1.82) is 0 Å². The Hall–Kier alpha value is -1.20. The normalized spacial score (nSPS) is 10.9. The van der Waals surface area contributed by atoms with Gasteiger partial charge in [-0.25, -0.2) is 4.98 Å². The van der Waals surface area contributed by atoms with Crippen molar-refractivity contribution >= 4 is 17.2 Å². The molecule has 2 heterocycles. The molecule has 68 valence electrons. The van der Waals surface area contributed by atoms with E-state index in [4.69, 9.17) is 17.3 Å². The summed E-state index contributed by atoms with van der Waals surface area (Å²) >= 11 is 5.80. The maximum absolute atomic E-state index is 5.80. The molecule has 0 aromatic carbocycles. The smallest absolute Gasteiger partial charge is 0.198 e. The number of aromatic nitrogens is 4. The topological polar surface area (TPSA) is 69.1 Å². The van der Waals surface area contributed by atoms with Gasteiger partial charge in [0.2, 0.25) is 0 Å². The van der Waals surface area contributed by atoms with Crippen LogP contribution in [0.3, 0.4) is 0 Å². The van der Waals surface area contributed by atoms with Gasteiger partial charge in [-0.3, -0.25) is 4.40 Å². The molecule has 0 aliphatic rings. The molecule has 0 saturated carbocycles. The van der Waals surface area contributed by atoms with Gasteiger partial charge in [0.15, 0.2) is 10.8 Å². The van der Waals surface area contributed by atoms with Gasteiger partial charge in [-0.15, -0.1) is 10.2 Å². The summed E-state index contributed by atoms with van der Waals surface area (Å²) in [7, 11) is 0. The summed E-state index contributed by atoms with van der Waals surface area (Å²) in [5.74, 6) is 0.807. The largest absolute Gasteiger partial charge is 0.330 e. The average Bonchev–Trinajstić information content (AvgIpc) is 2.51. The number of nitrogens with zero attached hydrogens (tertiary/aromatic N) is 4. The van der Waals surface area contributed by atoms with E-state index in [9.17, 15) is 0 Å². The Morgan fingerprint density at radius 2 is 2.31 bits per heavy atom. The summed E-state index contributed by atoms with van der Waals surface area (Å²) in [5.41, 5.74) is 6.00. The van der Waals surface area contributed by atoms with Crippen LogP contribution in [0.4, 0.5) is 0 Å². The highest BCUT2D eigenvalue weighted by atomic mass is 35.5. The molecule has 2 aromatic rings. The molecule has 6 heteroatoms. The number of fused-ring (bicyclic) bond motifs is 1. The van der Waals surface area contributed by atoms with E-state index < -0.39 is 0 Å². The van der Waals surface area contributed by atoms with Crippen LogP contribution in [0, 0.1) is 0 Å². The van der Waals surface area contributed by atoms with Crippen LogP contribution in [0.5, 0.6) is 0 Å². The molecule has 2 N–H and O–H groups in total. The van der Waals surface area contributed by atoms with Crippen molar-refractivity contribution in [2.24, 2.45) is 5.73 Å². The molecule has 0 atom stereocenters. The van der Waals surface area contributed by atoms with Crippen LogP contribution in [0.15, 0.2) is 12.4 Å². The zero-order valence-electron chi connectivity index (χ0n) is 6.81. The van der Waals surface area contributed by atoms with Crippen LogP contribution in [0.25, 0.3) is 5.65 Å². The first-order chi connectivity index (χ1) is 6.33. The van der Waals surface area contributed by atoms with E-state index in [1.165, 1.54) is 0 Å². The highest BCUT2D eigenvalue weighted by Gasteiger charge is 2.06. The Morgan fingerprint density at radius 1 is 1.46 bits per heavy atom. The quantitative estimate of drug-likeness (QED) is 0.751. The lowest BCUT2D eigenvalue weighted by Crippen LogP contribution is -2.06. The Balaban J connectivity index is 2.61. The van der Waals surface area contributed by atoms with Gasteiger partial charge in [0, 0.05) is 18.8 Å². The lowest BCUT2D eigenvalue weighted by Gasteiger charge is -1.96. The SMILES string of the molecule is NCCc1nnc2c(Cl)nccn12. The van der Waals surface area contributed by atoms with Gasteiger partial charge in [-0.2, -0.15) is 0 Å². The molecule has 0 unspecified atom stereocenters. The lowest BCUT2D eigenvalue weighted by molar-refractivity contribution is 0.846. The van der Waals surface area contributed by atoms with Crippen LogP contribution in [0.1, 0.15) is 5.82 Å². The zero-order valence-corrected chi connectivity index (χ0v) is 7.57. The fraction of sp³-hybridized carbons (Fsp3) is 0.286. The van der Waals surface area contributed by atoms with Crippen molar-refractivity contribution < 1.29 is 0 Å². The molecule has 0 amide bonds. The van der Waals surface area contributed by atoms with Crippen LogP contribution in [-0.2, 0) is 6.42 Å². The van der Waals surface area contributed by atoms with E-state index >= 15 is 0 Å². The Kier molecular flexibility index (Phi) is 2.12. The van der Waals surface area contributed by atoms with Crippen LogP contribution >= 0.6 is 11.6 Å². The molecule has 5 nitrogen and oxygen atoms in total. The van der Waals surface area contributed by atoms with Gasteiger partial charge in [-0.05, 0) is 6.54 Å². The van der Waals surface area contributed by atoms with E-state index in [1.54, 1.807) is 16.8 Å². The first-order valence-corrected chi connectivity index (χ1v) is 4.25. The third kappa shape index (κ3) is 1.36. The molecular weight excluding hydrogens is 190 g/mol. The molecule has 0 fully saturated rings. The van der Waals surface area contributed by atoms with Crippen molar-refractivity contribution in [3.63, 3.8) is 0 Å². The van der Waals surface area contributed by atoms with Gasteiger partial charge >= 0.3 is 0 Å². The van der Waals surface area contributed by atoms with E-state index in [-0.39, 0.29) is 0 Å². The van der Waals surface area contributed by atoms with E-state index in [0.29, 0.717) is 23.8 Å². The van der Waals surface area contributed by atoms with Gasteiger partial charge < -0.3 is 5.73 Å². The summed E-state index contributed by atoms with van der Waals surface area (Å²) in [4.78, 5) is 3.89. The van der Waals surface area contributed by atoms with Crippen LogP contribution in [0.2, 0.25) is 5.15 Å². The summed E-state index contributed by atoms with van der Waals surface area (Å²) in [6.45, 7) is 0.542. The number of halogens is 1. The van der Waals surface area contributed by atoms with Gasteiger partial charge in [0.1, 0.15) is 5.82 Å². The number of hydrogen-bond acceptors (Lipinski definition) is 4. The first-order valence-electron chi connectivity index (χ1n) is 3.87. The Morgan fingerprint density at radius 3 is 3.08 bits per heavy atom. The Bertz CT molecular complexity index is 424. The second-order valence-electron chi connectivity index (χ2n) is 2.57. The molecule has 0 aliphatic carbocycles. The van der Waals surface area contributed by atoms with E-state index in [1.807, 2.05) is 0 Å². The highest BCUT2D eigenvalue weighted by molar-refractivity contribution is 6.32. The van der Waals surface area contributed by atoms with Crippen LogP contribution < -0.4 is 5.73 Å². The standard InChI is InChI=1S/C7H8ClN5/c8-6-7-12-11-5(1-2-9)13(7)4-3-10-6/h3-4H,1-2,9H2. The van der Waals surface area contributed by atoms with Gasteiger partial charge in [0.05, 0.1) is 0 Å². The number of nitrogens with two attached hydrogens (primary N) is 1. The fourth-order valence-corrected chi connectivity index (χ4v) is 1.33. The molecule has 0 bridgehead atoms. The maximum atomic E-state index is 5.80. The second kappa shape index (κ2) is 3.27. The minimum Gasteiger partial charge on any atom is -0.330 e. The monoisotopic (exact) mass is 197 g/mol. The summed E-state index contributed by atoms with van der Waals surface area (Å²) in [6.07, 6.45) is 4.06. The van der Waals surface area contributed by atoms with Crippen LogP contribution in [-0.4, -0.2) is 26.1 Å². The first kappa shape index (κ1) is 8.40. The van der Waals surface area contributed by atoms with Gasteiger partial charge in [0.25, 0.3) is 0 Å². The average molecular weight is 198 g/mol. The molecule has 0 spiro atoms. The molecule has 0 saturated heterocycles. The predicted octanol–water partition coefficient (Wildman–Crippen LogP) is 0.279. The number of rotatable bonds is 2. The third-order valence-corrected chi connectivity index (χ3v) is 1.99. The van der Waals surface area contributed by atoms with E-state index in [0.717, 1.165) is 5.82 Å². The van der Waals surface area contributed by atoms with E-state index in [2.05, 4.69) is 15.2 Å². The minimum atomic E-state index is 0.360. The molecule has 13 heavy (non-hydrogen) atoms. The molecular formula is C7H8ClN5. The molecule has 0 radical (unpaired) electrons. The zero-order chi connectivity index (χ0) is 9.26. The molecule has 0 aliphatic heterocycles. The molecule has 2 aromatic heterocycles. The van der Waals surface area contributed by atoms with Crippen molar-refractivity contribution in [3.05, 3.63) is 23.4 Å².